The fourth-order valence-corrected chi connectivity index (χ4v) is 3.29. The van der Waals surface area contributed by atoms with Gasteiger partial charge in [0.05, 0.1) is 19.3 Å². The maximum Gasteiger partial charge on any atom is 0.239 e. The number of aromatic nitrogens is 2. The zero-order valence-electron chi connectivity index (χ0n) is 13.5. The Hall–Kier alpha value is -1.12. The topological polar surface area (TPSA) is 62.2 Å². The minimum absolute atomic E-state index is 0. The maximum atomic E-state index is 12.3. The lowest BCUT2D eigenvalue weighted by Crippen LogP contribution is -2.52. The van der Waals surface area contributed by atoms with E-state index in [1.54, 1.807) is 17.5 Å². The highest BCUT2D eigenvalue weighted by Gasteiger charge is 2.20. The summed E-state index contributed by atoms with van der Waals surface area (Å²) in [5, 5.41) is 12.6. The molecule has 2 N–H and O–H groups in total. The molecule has 2 aromatic heterocycles. The summed E-state index contributed by atoms with van der Waals surface area (Å²) in [4.78, 5) is 15.7. The molecule has 24 heavy (non-hydrogen) atoms. The van der Waals surface area contributed by atoms with Crippen LogP contribution in [0.3, 0.4) is 0 Å². The molecule has 0 unspecified atom stereocenters. The van der Waals surface area contributed by atoms with Crippen LogP contribution in [0.25, 0.3) is 0 Å². The summed E-state index contributed by atoms with van der Waals surface area (Å²) in [5.74, 6) is 0.767. The fraction of sp³-hybridized carbons (Fsp3) is 0.467. The summed E-state index contributed by atoms with van der Waals surface area (Å²) in [6, 6.07) is 6.32. The van der Waals surface area contributed by atoms with Gasteiger partial charge in [0.25, 0.3) is 0 Å². The Bertz CT molecular complexity index is 619. The first kappa shape index (κ1) is 20.9. The molecule has 0 radical (unpaired) electrons. The van der Waals surface area contributed by atoms with E-state index < -0.39 is 0 Å². The van der Waals surface area contributed by atoms with Crippen LogP contribution >= 0.6 is 36.2 Å². The molecule has 1 aliphatic heterocycles. The number of thiophene rings is 1. The first-order valence-corrected chi connectivity index (χ1v) is 8.39. The number of halogens is 2. The summed E-state index contributed by atoms with van der Waals surface area (Å²) in [6.45, 7) is 6.03. The third-order valence-corrected chi connectivity index (χ3v) is 4.72. The van der Waals surface area contributed by atoms with Crippen LogP contribution in [0.5, 0.6) is 0 Å². The lowest BCUT2D eigenvalue weighted by atomic mass is 10.2. The lowest BCUT2D eigenvalue weighted by molar-refractivity contribution is -0.118. The van der Waals surface area contributed by atoms with Crippen molar-refractivity contribution in [3.8, 4) is 0 Å². The van der Waals surface area contributed by atoms with E-state index >= 15 is 0 Å². The highest BCUT2D eigenvalue weighted by Crippen LogP contribution is 2.14. The van der Waals surface area contributed by atoms with Gasteiger partial charge in [-0.3, -0.25) is 9.69 Å². The predicted octanol–water partition coefficient (Wildman–Crippen LogP) is 2.07. The highest BCUT2D eigenvalue weighted by atomic mass is 35.5. The van der Waals surface area contributed by atoms with Crippen molar-refractivity contribution in [3.63, 3.8) is 0 Å². The molecule has 1 aliphatic rings. The van der Waals surface area contributed by atoms with E-state index in [2.05, 4.69) is 33.6 Å². The summed E-state index contributed by atoms with van der Waals surface area (Å²) in [6.07, 6.45) is 1.72. The van der Waals surface area contributed by atoms with Crippen LogP contribution in [0.15, 0.2) is 29.8 Å². The number of hydrogen-bond donors (Lipinski definition) is 2. The Kier molecular flexibility index (Phi) is 8.72. The van der Waals surface area contributed by atoms with Gasteiger partial charge in [0.2, 0.25) is 5.91 Å². The van der Waals surface area contributed by atoms with E-state index in [1.807, 2.05) is 22.2 Å². The fourth-order valence-electron chi connectivity index (χ4n) is 2.60. The van der Waals surface area contributed by atoms with E-state index in [1.165, 1.54) is 4.88 Å². The Balaban J connectivity index is 0.00000144. The normalized spacial score (nSPS) is 17.6. The second-order valence-electron chi connectivity index (χ2n) is 5.53. The van der Waals surface area contributed by atoms with Gasteiger partial charge < -0.3 is 10.6 Å². The summed E-state index contributed by atoms with van der Waals surface area (Å²) < 4.78 is 1.82. The maximum absolute atomic E-state index is 12.3. The number of hydrogen-bond acceptors (Lipinski definition) is 5. The number of rotatable bonds is 5. The minimum Gasteiger partial charge on any atom is -0.314 e. The molecule has 3 rings (SSSR count). The molecule has 0 aliphatic carbocycles. The number of carbonyl (C=O) groups is 1. The van der Waals surface area contributed by atoms with Gasteiger partial charge in [0.15, 0.2) is 0 Å². The SMILES string of the molecule is C[C@@H]1CNCCN1CC(=O)Nc1ccnn1Cc1cccs1.Cl.Cl. The molecule has 134 valence electrons. The van der Waals surface area contributed by atoms with Crippen LogP contribution in [0, 0.1) is 0 Å². The number of piperazine rings is 1. The van der Waals surface area contributed by atoms with Crippen LogP contribution in [0.2, 0.25) is 0 Å². The van der Waals surface area contributed by atoms with Crippen molar-refractivity contribution in [1.82, 2.24) is 20.0 Å². The van der Waals surface area contributed by atoms with Gasteiger partial charge in [-0.25, -0.2) is 4.68 Å². The van der Waals surface area contributed by atoms with E-state index in [-0.39, 0.29) is 30.7 Å². The minimum atomic E-state index is 0. The summed E-state index contributed by atoms with van der Waals surface area (Å²) in [5.41, 5.74) is 0. The second-order valence-corrected chi connectivity index (χ2v) is 6.56. The van der Waals surface area contributed by atoms with Crippen LogP contribution in [-0.2, 0) is 11.3 Å². The van der Waals surface area contributed by atoms with Crippen molar-refractivity contribution in [3.05, 3.63) is 34.7 Å². The van der Waals surface area contributed by atoms with Gasteiger partial charge in [-0.1, -0.05) is 6.07 Å². The van der Waals surface area contributed by atoms with Crippen LogP contribution in [-0.4, -0.2) is 52.8 Å². The molecule has 0 spiro atoms. The van der Waals surface area contributed by atoms with Crippen LogP contribution in [0.4, 0.5) is 5.82 Å². The Morgan fingerprint density at radius 2 is 2.29 bits per heavy atom. The van der Waals surface area contributed by atoms with Crippen molar-refractivity contribution in [1.29, 1.82) is 0 Å². The van der Waals surface area contributed by atoms with Gasteiger partial charge in [0.1, 0.15) is 5.82 Å². The molecular formula is C15H23Cl2N5OS. The molecule has 9 heteroatoms. The number of carbonyl (C=O) groups excluding carboxylic acids is 1. The van der Waals surface area contributed by atoms with Gasteiger partial charge in [-0.05, 0) is 18.4 Å². The molecule has 6 nitrogen and oxygen atoms in total. The van der Waals surface area contributed by atoms with Gasteiger partial charge >= 0.3 is 0 Å². The Labute approximate surface area is 158 Å². The van der Waals surface area contributed by atoms with E-state index in [0.717, 1.165) is 25.5 Å². The first-order chi connectivity index (χ1) is 10.7. The van der Waals surface area contributed by atoms with Crippen molar-refractivity contribution < 1.29 is 4.79 Å². The van der Waals surface area contributed by atoms with E-state index in [0.29, 0.717) is 19.1 Å². The Morgan fingerprint density at radius 1 is 1.46 bits per heavy atom. The molecule has 0 bridgehead atoms. The third kappa shape index (κ3) is 5.46. The van der Waals surface area contributed by atoms with Crippen LogP contribution < -0.4 is 10.6 Å². The smallest absolute Gasteiger partial charge is 0.239 e. The second kappa shape index (κ2) is 10.0. The van der Waals surface area contributed by atoms with Crippen molar-refractivity contribution in [2.45, 2.75) is 19.5 Å². The molecule has 2 aromatic rings. The van der Waals surface area contributed by atoms with Gasteiger partial charge in [-0.2, -0.15) is 5.10 Å². The van der Waals surface area contributed by atoms with E-state index in [4.69, 9.17) is 0 Å². The average Bonchev–Trinajstić information content (AvgIpc) is 3.15. The number of anilines is 1. The van der Waals surface area contributed by atoms with Crippen LogP contribution in [0.1, 0.15) is 11.8 Å². The van der Waals surface area contributed by atoms with Gasteiger partial charge in [0, 0.05) is 36.6 Å². The standard InChI is InChI=1S/C15H21N5OS.2ClH/c1-12-9-16-6-7-19(12)11-15(21)18-14-4-5-17-20(14)10-13-3-2-8-22-13;;/h2-5,8,12,16H,6-7,9-11H2,1H3,(H,18,21);2*1H/t12-;;/m1../s1. The molecule has 1 amide bonds. The monoisotopic (exact) mass is 391 g/mol. The molecule has 1 atom stereocenters. The zero-order valence-corrected chi connectivity index (χ0v) is 15.9. The zero-order chi connectivity index (χ0) is 15.4. The van der Waals surface area contributed by atoms with E-state index in [9.17, 15) is 4.79 Å². The number of amides is 1. The Morgan fingerprint density at radius 3 is 3.00 bits per heavy atom. The molecular weight excluding hydrogens is 369 g/mol. The van der Waals surface area contributed by atoms with Crippen molar-refractivity contribution in [2.75, 3.05) is 31.5 Å². The summed E-state index contributed by atoms with van der Waals surface area (Å²) >= 11 is 1.69. The quantitative estimate of drug-likeness (QED) is 0.818. The molecule has 1 fully saturated rings. The van der Waals surface area contributed by atoms with Gasteiger partial charge in [-0.15, -0.1) is 36.2 Å². The predicted molar refractivity (Wildman–Crippen MR) is 103 cm³/mol. The summed E-state index contributed by atoms with van der Waals surface area (Å²) in [7, 11) is 0. The average molecular weight is 392 g/mol. The molecule has 0 aromatic carbocycles. The molecule has 0 saturated carbocycles. The number of nitrogens with zero attached hydrogens (tertiary/aromatic N) is 3. The lowest BCUT2D eigenvalue weighted by Gasteiger charge is -2.33. The third-order valence-electron chi connectivity index (χ3n) is 3.86. The first-order valence-electron chi connectivity index (χ1n) is 7.51. The highest BCUT2D eigenvalue weighted by molar-refractivity contribution is 7.09. The molecule has 3 heterocycles. The number of nitrogens with one attached hydrogen (secondary N) is 2. The van der Waals surface area contributed by atoms with Crippen molar-refractivity contribution >= 4 is 47.9 Å². The largest absolute Gasteiger partial charge is 0.314 e. The van der Waals surface area contributed by atoms with Crippen molar-refractivity contribution in [2.24, 2.45) is 0 Å². The molecule has 1 saturated heterocycles.